The largest absolute Gasteiger partial charge is 0.158 e. The van der Waals surface area contributed by atoms with Gasteiger partial charge < -0.3 is 0 Å². The summed E-state index contributed by atoms with van der Waals surface area (Å²) >= 11 is 0. The number of hydrogen-bond acceptors (Lipinski definition) is 2. The van der Waals surface area contributed by atoms with Gasteiger partial charge in [0.15, 0.2) is 0 Å². The minimum atomic E-state index is 1.07. The number of aromatic nitrogens is 2. The van der Waals surface area contributed by atoms with E-state index >= 15 is 0 Å². The standard InChI is InChI=1S/C10H10N2/c1-2-8-3-4-9-6-11-12-7-10(9)5-8/h3-7H,2H2,1H3. The van der Waals surface area contributed by atoms with Crippen LogP contribution in [0.3, 0.4) is 0 Å². The van der Waals surface area contributed by atoms with Crippen LogP contribution >= 0.6 is 0 Å². The minimum absolute atomic E-state index is 1.07. The van der Waals surface area contributed by atoms with Gasteiger partial charge in [0.1, 0.15) is 0 Å². The molecule has 0 radical (unpaired) electrons. The summed E-state index contributed by atoms with van der Waals surface area (Å²) in [5.41, 5.74) is 1.34. The molecule has 2 heteroatoms. The van der Waals surface area contributed by atoms with Crippen molar-refractivity contribution in [2.45, 2.75) is 13.3 Å². The first-order valence-electron chi connectivity index (χ1n) is 4.09. The Morgan fingerprint density at radius 3 is 2.58 bits per heavy atom. The Bertz CT molecular complexity index is 396. The molecule has 1 heterocycles. The lowest BCUT2D eigenvalue weighted by molar-refractivity contribution is 1.05. The van der Waals surface area contributed by atoms with Gasteiger partial charge in [-0.3, -0.25) is 0 Å². The summed E-state index contributed by atoms with van der Waals surface area (Å²) < 4.78 is 0. The highest BCUT2D eigenvalue weighted by Crippen LogP contribution is 2.13. The Hall–Kier alpha value is -1.44. The van der Waals surface area contributed by atoms with Crippen LogP contribution in [0, 0.1) is 0 Å². The topological polar surface area (TPSA) is 25.8 Å². The third kappa shape index (κ3) is 1.16. The first-order valence-corrected chi connectivity index (χ1v) is 4.09. The summed E-state index contributed by atoms with van der Waals surface area (Å²) in [7, 11) is 0. The fourth-order valence-electron chi connectivity index (χ4n) is 1.26. The average Bonchev–Trinajstić information content (AvgIpc) is 2.17. The monoisotopic (exact) mass is 158 g/mol. The van der Waals surface area contributed by atoms with Crippen molar-refractivity contribution in [2.75, 3.05) is 0 Å². The molecule has 1 aromatic carbocycles. The number of benzene rings is 1. The van der Waals surface area contributed by atoms with Gasteiger partial charge in [-0.05, 0) is 18.1 Å². The highest BCUT2D eigenvalue weighted by atomic mass is 15.1. The molecule has 0 atom stereocenters. The molecule has 0 amide bonds. The Balaban J connectivity index is 2.67. The van der Waals surface area contributed by atoms with Gasteiger partial charge in [0, 0.05) is 10.8 Å². The smallest absolute Gasteiger partial charge is 0.0574 e. The van der Waals surface area contributed by atoms with Crippen molar-refractivity contribution in [3.63, 3.8) is 0 Å². The lowest BCUT2D eigenvalue weighted by atomic mass is 10.1. The van der Waals surface area contributed by atoms with Crippen LogP contribution in [0.15, 0.2) is 30.6 Å². The predicted molar refractivity (Wildman–Crippen MR) is 48.9 cm³/mol. The van der Waals surface area contributed by atoms with Crippen molar-refractivity contribution in [1.82, 2.24) is 10.2 Å². The van der Waals surface area contributed by atoms with E-state index in [4.69, 9.17) is 0 Å². The summed E-state index contributed by atoms with van der Waals surface area (Å²) in [5, 5.41) is 9.98. The second-order valence-corrected chi connectivity index (χ2v) is 2.81. The van der Waals surface area contributed by atoms with Gasteiger partial charge in [0.05, 0.1) is 12.4 Å². The lowest BCUT2D eigenvalue weighted by Crippen LogP contribution is -1.83. The van der Waals surface area contributed by atoms with Gasteiger partial charge in [-0.2, -0.15) is 10.2 Å². The van der Waals surface area contributed by atoms with E-state index in [-0.39, 0.29) is 0 Å². The molecule has 60 valence electrons. The number of nitrogens with zero attached hydrogens (tertiary/aromatic N) is 2. The van der Waals surface area contributed by atoms with Crippen LogP contribution in [0.4, 0.5) is 0 Å². The molecule has 2 rings (SSSR count). The maximum atomic E-state index is 3.84. The number of fused-ring (bicyclic) bond motifs is 1. The molecule has 0 aliphatic heterocycles. The molecule has 0 aliphatic rings. The zero-order valence-corrected chi connectivity index (χ0v) is 6.99. The molecular formula is C10H10N2. The van der Waals surface area contributed by atoms with Crippen LogP contribution < -0.4 is 0 Å². The minimum Gasteiger partial charge on any atom is -0.158 e. The number of rotatable bonds is 1. The Morgan fingerprint density at radius 2 is 1.83 bits per heavy atom. The van der Waals surface area contributed by atoms with Crippen LogP contribution in [-0.2, 0) is 6.42 Å². The highest BCUT2D eigenvalue weighted by Gasteiger charge is 1.93. The van der Waals surface area contributed by atoms with E-state index in [1.54, 1.807) is 12.4 Å². The third-order valence-corrected chi connectivity index (χ3v) is 2.02. The van der Waals surface area contributed by atoms with Crippen LogP contribution in [0.1, 0.15) is 12.5 Å². The molecule has 0 saturated carbocycles. The molecule has 2 nitrogen and oxygen atoms in total. The first-order chi connectivity index (χ1) is 5.90. The van der Waals surface area contributed by atoms with Crippen molar-refractivity contribution < 1.29 is 0 Å². The molecule has 12 heavy (non-hydrogen) atoms. The molecule has 0 unspecified atom stereocenters. The Labute approximate surface area is 71.3 Å². The molecular weight excluding hydrogens is 148 g/mol. The van der Waals surface area contributed by atoms with Crippen LogP contribution in [0.5, 0.6) is 0 Å². The van der Waals surface area contributed by atoms with E-state index in [1.165, 1.54) is 10.9 Å². The second-order valence-electron chi connectivity index (χ2n) is 2.81. The SMILES string of the molecule is CCc1ccc2cnncc2c1. The van der Waals surface area contributed by atoms with Crippen molar-refractivity contribution >= 4 is 10.8 Å². The molecule has 0 N–H and O–H groups in total. The van der Waals surface area contributed by atoms with E-state index in [0.29, 0.717) is 0 Å². The van der Waals surface area contributed by atoms with Gasteiger partial charge in [-0.1, -0.05) is 19.1 Å². The van der Waals surface area contributed by atoms with Crippen molar-refractivity contribution in [1.29, 1.82) is 0 Å². The predicted octanol–water partition coefficient (Wildman–Crippen LogP) is 2.19. The summed E-state index contributed by atoms with van der Waals surface area (Å²) in [4.78, 5) is 0. The first kappa shape index (κ1) is 7.22. The number of hydrogen-bond donors (Lipinski definition) is 0. The molecule has 0 fully saturated rings. The van der Waals surface area contributed by atoms with Gasteiger partial charge in [0.25, 0.3) is 0 Å². The van der Waals surface area contributed by atoms with Gasteiger partial charge in [0.2, 0.25) is 0 Å². The molecule has 0 spiro atoms. The maximum absolute atomic E-state index is 3.84. The van der Waals surface area contributed by atoms with Crippen LogP contribution in [0.25, 0.3) is 10.8 Å². The second kappa shape index (κ2) is 2.89. The Kier molecular flexibility index (Phi) is 1.74. The fraction of sp³-hybridized carbons (Fsp3) is 0.200. The fourth-order valence-corrected chi connectivity index (χ4v) is 1.26. The third-order valence-electron chi connectivity index (χ3n) is 2.02. The van der Waals surface area contributed by atoms with Crippen LogP contribution in [-0.4, -0.2) is 10.2 Å². The maximum Gasteiger partial charge on any atom is 0.0574 e. The molecule has 0 bridgehead atoms. The summed E-state index contributed by atoms with van der Waals surface area (Å²) in [6, 6.07) is 6.37. The van der Waals surface area contributed by atoms with E-state index in [1.807, 2.05) is 0 Å². The van der Waals surface area contributed by atoms with Gasteiger partial charge >= 0.3 is 0 Å². The van der Waals surface area contributed by atoms with Crippen molar-refractivity contribution in [3.05, 3.63) is 36.2 Å². The normalized spacial score (nSPS) is 10.4. The molecule has 2 aromatic rings. The van der Waals surface area contributed by atoms with E-state index in [2.05, 4.69) is 35.3 Å². The van der Waals surface area contributed by atoms with Crippen LogP contribution in [0.2, 0.25) is 0 Å². The average molecular weight is 158 g/mol. The molecule has 0 aliphatic carbocycles. The lowest BCUT2D eigenvalue weighted by Gasteiger charge is -1.98. The molecule has 1 aromatic heterocycles. The zero-order valence-electron chi connectivity index (χ0n) is 6.99. The highest BCUT2D eigenvalue weighted by molar-refractivity contribution is 5.81. The van der Waals surface area contributed by atoms with E-state index in [9.17, 15) is 0 Å². The van der Waals surface area contributed by atoms with Gasteiger partial charge in [-0.25, -0.2) is 0 Å². The number of aryl methyl sites for hydroxylation is 1. The van der Waals surface area contributed by atoms with Crippen molar-refractivity contribution in [2.24, 2.45) is 0 Å². The quantitative estimate of drug-likeness (QED) is 0.635. The van der Waals surface area contributed by atoms with Crippen molar-refractivity contribution in [3.8, 4) is 0 Å². The van der Waals surface area contributed by atoms with E-state index in [0.717, 1.165) is 11.8 Å². The summed E-state index contributed by atoms with van der Waals surface area (Å²) in [5.74, 6) is 0. The Morgan fingerprint density at radius 1 is 1.08 bits per heavy atom. The van der Waals surface area contributed by atoms with Gasteiger partial charge in [-0.15, -0.1) is 0 Å². The van der Waals surface area contributed by atoms with E-state index < -0.39 is 0 Å². The summed E-state index contributed by atoms with van der Waals surface area (Å²) in [6.45, 7) is 2.15. The molecule has 0 saturated heterocycles. The zero-order chi connectivity index (χ0) is 8.39. The summed E-state index contributed by atoms with van der Waals surface area (Å²) in [6.07, 6.45) is 4.65.